The van der Waals surface area contributed by atoms with Crippen molar-refractivity contribution in [3.05, 3.63) is 35.4 Å². The molecule has 80 valence electrons. The van der Waals surface area contributed by atoms with Gasteiger partial charge in [-0.05, 0) is 12.1 Å². The van der Waals surface area contributed by atoms with Crippen molar-refractivity contribution in [3.63, 3.8) is 0 Å². The molecule has 5 heteroatoms. The third-order valence-electron chi connectivity index (χ3n) is 1.75. The second-order valence-electron chi connectivity index (χ2n) is 2.68. The van der Waals surface area contributed by atoms with Crippen LogP contribution in [0.1, 0.15) is 20.7 Å². The Morgan fingerprint density at radius 3 is 2.07 bits per heavy atom. The van der Waals surface area contributed by atoms with E-state index in [0.717, 1.165) is 0 Å². The van der Waals surface area contributed by atoms with Crippen LogP contribution in [0.3, 0.4) is 0 Å². The van der Waals surface area contributed by atoms with Crippen molar-refractivity contribution in [1.82, 2.24) is 0 Å². The van der Waals surface area contributed by atoms with Crippen LogP contribution in [0.2, 0.25) is 0 Å². The van der Waals surface area contributed by atoms with Gasteiger partial charge in [0.2, 0.25) is 0 Å². The molecule has 0 aliphatic heterocycles. The first-order chi connectivity index (χ1) is 7.19. The first-order valence-corrected chi connectivity index (χ1v) is 5.18. The maximum Gasteiger partial charge on any atom is 0.339 e. The summed E-state index contributed by atoms with van der Waals surface area (Å²) >= 11 is 10.6. The number of carbonyl (C=O) groups excluding carboxylic acids is 2. The summed E-state index contributed by atoms with van der Waals surface area (Å²) in [7, 11) is 0. The molecule has 15 heavy (non-hydrogen) atoms. The maximum absolute atomic E-state index is 11.2. The van der Waals surface area contributed by atoms with E-state index in [0.29, 0.717) is 11.1 Å². The Labute approximate surface area is 96.9 Å². The highest BCUT2D eigenvalue weighted by Gasteiger charge is 2.08. The maximum atomic E-state index is 11.2. The minimum atomic E-state index is -0.519. The second-order valence-corrected chi connectivity index (χ2v) is 3.16. The van der Waals surface area contributed by atoms with Gasteiger partial charge >= 0.3 is 5.97 Å². The molecule has 0 aliphatic rings. The number of hydrogen-bond donors (Lipinski definition) is 0. The van der Waals surface area contributed by atoms with Gasteiger partial charge in [-0.3, -0.25) is 4.79 Å². The Morgan fingerprint density at radius 2 is 1.60 bits per heavy atom. The number of halogens is 2. The van der Waals surface area contributed by atoms with Gasteiger partial charge in [-0.15, -0.1) is 11.6 Å². The van der Waals surface area contributed by atoms with Gasteiger partial charge in [-0.25, -0.2) is 4.79 Å². The topological polar surface area (TPSA) is 43.4 Å². The number of carbonyl (C=O) groups is 2. The molecule has 0 radical (unpaired) electrons. The normalized spacial score (nSPS) is 9.73. The van der Waals surface area contributed by atoms with Gasteiger partial charge in [0.1, 0.15) is 0 Å². The molecule has 0 bridgehead atoms. The molecule has 1 aromatic carbocycles. The number of esters is 1. The standard InChI is InChI=1S/C10H8Cl2O3/c11-5-9(13)7-1-3-8(4-2-7)10(14)15-6-12/h1-4H,5-6H2. The number of alkyl halides is 2. The predicted octanol–water partition coefficient (Wildman–Crippen LogP) is 2.46. The van der Waals surface area contributed by atoms with E-state index in [2.05, 4.69) is 4.74 Å². The third kappa shape index (κ3) is 3.22. The van der Waals surface area contributed by atoms with Crippen LogP contribution in [0.5, 0.6) is 0 Å². The Morgan fingerprint density at radius 1 is 1.07 bits per heavy atom. The number of ketones is 1. The highest BCUT2D eigenvalue weighted by Crippen LogP contribution is 2.07. The minimum absolute atomic E-state index is 0.0779. The average molecular weight is 247 g/mol. The van der Waals surface area contributed by atoms with Gasteiger partial charge in [-0.2, -0.15) is 0 Å². The summed E-state index contributed by atoms with van der Waals surface area (Å²) < 4.78 is 4.57. The number of ether oxygens (including phenoxy) is 1. The first-order valence-electron chi connectivity index (χ1n) is 4.11. The summed E-state index contributed by atoms with van der Waals surface area (Å²) in [6.45, 7) is 0. The Balaban J connectivity index is 2.80. The van der Waals surface area contributed by atoms with Crippen molar-refractivity contribution in [1.29, 1.82) is 0 Å². The van der Waals surface area contributed by atoms with Crippen molar-refractivity contribution >= 4 is 35.0 Å². The summed E-state index contributed by atoms with van der Waals surface area (Å²) in [4.78, 5) is 22.3. The first kappa shape index (κ1) is 12.0. The molecule has 0 aliphatic carbocycles. The molecule has 0 N–H and O–H groups in total. The van der Waals surface area contributed by atoms with E-state index in [1.165, 1.54) is 24.3 Å². The van der Waals surface area contributed by atoms with Crippen LogP contribution in [-0.2, 0) is 4.74 Å². The van der Waals surface area contributed by atoms with E-state index in [1.54, 1.807) is 0 Å². The lowest BCUT2D eigenvalue weighted by Crippen LogP contribution is -2.05. The molecule has 0 heterocycles. The van der Waals surface area contributed by atoms with Crippen molar-refractivity contribution in [2.75, 3.05) is 11.9 Å². The molecule has 1 aromatic rings. The average Bonchev–Trinajstić information content (AvgIpc) is 2.28. The lowest BCUT2D eigenvalue weighted by atomic mass is 10.1. The SMILES string of the molecule is O=C(CCl)c1ccc(C(=O)OCCl)cc1. The van der Waals surface area contributed by atoms with Crippen molar-refractivity contribution in [3.8, 4) is 0 Å². The summed E-state index contributed by atoms with van der Waals surface area (Å²) in [5, 5.41) is 0. The lowest BCUT2D eigenvalue weighted by molar-refractivity contribution is 0.0574. The predicted molar refractivity (Wildman–Crippen MR) is 57.6 cm³/mol. The Hall–Kier alpha value is -1.06. The summed E-state index contributed by atoms with van der Waals surface area (Å²) in [6, 6.07) is 5.84. The quantitative estimate of drug-likeness (QED) is 0.466. The molecule has 0 atom stereocenters. The van der Waals surface area contributed by atoms with Crippen LogP contribution in [0.4, 0.5) is 0 Å². The zero-order valence-corrected chi connectivity index (χ0v) is 9.22. The van der Waals surface area contributed by atoms with E-state index in [9.17, 15) is 9.59 Å². The van der Waals surface area contributed by atoms with Gasteiger partial charge in [0.05, 0.1) is 11.4 Å². The van der Waals surface area contributed by atoms with Crippen LogP contribution >= 0.6 is 23.2 Å². The highest BCUT2D eigenvalue weighted by atomic mass is 35.5. The van der Waals surface area contributed by atoms with Gasteiger partial charge < -0.3 is 4.74 Å². The minimum Gasteiger partial charge on any atom is -0.446 e. The number of Topliss-reactive ketones (excluding diaryl/α,β-unsaturated/α-hetero) is 1. The third-order valence-corrected chi connectivity index (χ3v) is 2.10. The summed E-state index contributed by atoms with van der Waals surface area (Å²) in [5.41, 5.74) is 0.814. The van der Waals surface area contributed by atoms with Gasteiger partial charge in [0, 0.05) is 5.56 Å². The smallest absolute Gasteiger partial charge is 0.339 e. The largest absolute Gasteiger partial charge is 0.446 e. The summed E-state index contributed by atoms with van der Waals surface area (Å²) in [5.74, 6) is -0.783. The van der Waals surface area contributed by atoms with Gasteiger partial charge in [-0.1, -0.05) is 23.7 Å². The van der Waals surface area contributed by atoms with Crippen LogP contribution in [0.15, 0.2) is 24.3 Å². The molecule has 0 aromatic heterocycles. The van der Waals surface area contributed by atoms with E-state index >= 15 is 0 Å². The van der Waals surface area contributed by atoms with E-state index < -0.39 is 5.97 Å². The summed E-state index contributed by atoms with van der Waals surface area (Å²) in [6.07, 6.45) is 0. The molecule has 0 spiro atoms. The highest BCUT2D eigenvalue weighted by molar-refractivity contribution is 6.30. The fraction of sp³-hybridized carbons (Fsp3) is 0.200. The number of rotatable bonds is 4. The molecule has 3 nitrogen and oxygen atoms in total. The van der Waals surface area contributed by atoms with Crippen LogP contribution in [0, 0.1) is 0 Å². The van der Waals surface area contributed by atoms with Gasteiger partial charge in [0.25, 0.3) is 0 Å². The zero-order valence-electron chi connectivity index (χ0n) is 7.70. The molecular weight excluding hydrogens is 239 g/mol. The number of hydrogen-bond acceptors (Lipinski definition) is 3. The van der Waals surface area contributed by atoms with E-state index in [4.69, 9.17) is 23.2 Å². The van der Waals surface area contributed by atoms with E-state index in [1.807, 2.05) is 0 Å². The van der Waals surface area contributed by atoms with Crippen LogP contribution < -0.4 is 0 Å². The number of benzene rings is 1. The molecule has 0 fully saturated rings. The molecule has 0 saturated carbocycles. The fourth-order valence-corrected chi connectivity index (χ4v) is 1.26. The Kier molecular flexibility index (Phi) is 4.59. The molecule has 0 saturated heterocycles. The van der Waals surface area contributed by atoms with E-state index in [-0.39, 0.29) is 17.7 Å². The van der Waals surface area contributed by atoms with Crippen molar-refractivity contribution < 1.29 is 14.3 Å². The Bertz CT molecular complexity index is 359. The molecule has 0 unspecified atom stereocenters. The fourth-order valence-electron chi connectivity index (χ4n) is 1.00. The van der Waals surface area contributed by atoms with Crippen molar-refractivity contribution in [2.24, 2.45) is 0 Å². The van der Waals surface area contributed by atoms with Crippen LogP contribution in [-0.4, -0.2) is 23.7 Å². The van der Waals surface area contributed by atoms with Crippen LogP contribution in [0.25, 0.3) is 0 Å². The molecule has 1 rings (SSSR count). The lowest BCUT2D eigenvalue weighted by Gasteiger charge is -2.01. The van der Waals surface area contributed by atoms with Crippen molar-refractivity contribution in [2.45, 2.75) is 0 Å². The van der Waals surface area contributed by atoms with Gasteiger partial charge in [0.15, 0.2) is 11.8 Å². The zero-order chi connectivity index (χ0) is 11.3. The molecular formula is C10H8Cl2O3. The monoisotopic (exact) mass is 246 g/mol. The second kappa shape index (κ2) is 5.73. The molecule has 0 amide bonds.